The topological polar surface area (TPSA) is 196 Å². The van der Waals surface area contributed by atoms with Crippen molar-refractivity contribution in [3.05, 3.63) is 0 Å². The Bertz CT molecular complexity index is 234. The van der Waals surface area contributed by atoms with Gasteiger partial charge < -0.3 is 40.9 Å². The van der Waals surface area contributed by atoms with Crippen LogP contribution < -0.4 is 0 Å². The van der Waals surface area contributed by atoms with Crippen molar-refractivity contribution in [2.45, 2.75) is 24.4 Å². The Balaban J connectivity index is -0.000000256. The van der Waals surface area contributed by atoms with Crippen molar-refractivity contribution in [2.24, 2.45) is 0 Å². The SMILES string of the molecule is O=C(O)[C@@H](O)[C@H](O)CO.O=C(O)[C@@H](O)[C@H](O)CO.[Cu]. The number of aliphatic carboxylic acids is 2. The first-order valence-corrected chi connectivity index (χ1v) is 4.58. The van der Waals surface area contributed by atoms with Crippen LogP contribution in [0.2, 0.25) is 0 Å². The molecule has 0 aromatic heterocycles. The van der Waals surface area contributed by atoms with Gasteiger partial charge in [-0.25, -0.2) is 9.59 Å². The fourth-order valence-electron chi connectivity index (χ4n) is 0.529. The van der Waals surface area contributed by atoms with Gasteiger partial charge in [0.25, 0.3) is 0 Å². The summed E-state index contributed by atoms with van der Waals surface area (Å²) in [5.74, 6) is -3.09. The van der Waals surface area contributed by atoms with E-state index in [1.165, 1.54) is 0 Å². The van der Waals surface area contributed by atoms with Gasteiger partial charge in [0.15, 0.2) is 12.2 Å². The summed E-state index contributed by atoms with van der Waals surface area (Å²) in [6.45, 7) is -1.51. The summed E-state index contributed by atoms with van der Waals surface area (Å²) in [4.78, 5) is 19.6. The van der Waals surface area contributed by atoms with Crippen LogP contribution in [0, 0.1) is 0 Å². The molecule has 0 aliphatic carbocycles. The van der Waals surface area contributed by atoms with Crippen molar-refractivity contribution >= 4 is 11.9 Å². The van der Waals surface area contributed by atoms with E-state index in [2.05, 4.69) is 0 Å². The van der Waals surface area contributed by atoms with Crippen LogP contribution in [0.4, 0.5) is 0 Å². The van der Waals surface area contributed by atoms with Gasteiger partial charge in [-0.3, -0.25) is 0 Å². The number of aliphatic hydroxyl groups is 6. The van der Waals surface area contributed by atoms with Crippen LogP contribution in [0.5, 0.6) is 0 Å². The van der Waals surface area contributed by atoms with Crippen LogP contribution in [-0.4, -0.2) is 90.4 Å². The molecule has 0 saturated carbocycles. The largest absolute Gasteiger partial charge is 0.479 e. The number of carboxylic acid groups (broad SMARTS) is 2. The molecule has 0 bridgehead atoms. The molecule has 0 saturated heterocycles. The summed E-state index contributed by atoms with van der Waals surface area (Å²) in [6.07, 6.45) is -6.98. The molecule has 0 spiro atoms. The predicted molar refractivity (Wildman–Crippen MR) is 53.5 cm³/mol. The Morgan fingerprint density at radius 2 is 0.947 bits per heavy atom. The molecule has 0 aliphatic heterocycles. The van der Waals surface area contributed by atoms with Crippen molar-refractivity contribution in [3.63, 3.8) is 0 Å². The second-order valence-electron chi connectivity index (χ2n) is 3.07. The van der Waals surface area contributed by atoms with Crippen LogP contribution in [0.3, 0.4) is 0 Å². The zero-order valence-electron chi connectivity index (χ0n) is 9.42. The Hall–Kier alpha value is -0.781. The Kier molecular flexibility index (Phi) is 15.1. The van der Waals surface area contributed by atoms with E-state index in [0.29, 0.717) is 0 Å². The molecule has 0 amide bonds. The van der Waals surface area contributed by atoms with E-state index in [-0.39, 0.29) is 17.1 Å². The van der Waals surface area contributed by atoms with Gasteiger partial charge in [-0.05, 0) is 0 Å². The van der Waals surface area contributed by atoms with Crippen molar-refractivity contribution in [1.82, 2.24) is 0 Å². The zero-order valence-corrected chi connectivity index (χ0v) is 10.4. The molecule has 0 fully saturated rings. The van der Waals surface area contributed by atoms with Crippen molar-refractivity contribution in [2.75, 3.05) is 13.2 Å². The molecular weight excluding hydrogens is 320 g/mol. The molecular formula is C8H16CuO10. The van der Waals surface area contributed by atoms with E-state index in [4.69, 9.17) is 40.9 Å². The number of aliphatic hydroxyl groups excluding tert-OH is 6. The van der Waals surface area contributed by atoms with Crippen molar-refractivity contribution < 1.29 is 67.5 Å². The summed E-state index contributed by atoms with van der Waals surface area (Å²) in [5.41, 5.74) is 0. The Morgan fingerprint density at radius 3 is 1.00 bits per heavy atom. The van der Waals surface area contributed by atoms with Crippen LogP contribution >= 0.6 is 0 Å². The molecule has 0 heterocycles. The summed E-state index contributed by atoms with van der Waals surface area (Å²) >= 11 is 0. The minimum atomic E-state index is -1.89. The summed E-state index contributed by atoms with van der Waals surface area (Å²) in [7, 11) is 0. The Labute approximate surface area is 118 Å². The number of rotatable bonds is 6. The van der Waals surface area contributed by atoms with Gasteiger partial charge in [-0.1, -0.05) is 0 Å². The second kappa shape index (κ2) is 12.3. The third-order valence-corrected chi connectivity index (χ3v) is 1.61. The fourth-order valence-corrected chi connectivity index (χ4v) is 0.529. The first kappa shape index (κ1) is 23.3. The van der Waals surface area contributed by atoms with E-state index in [1.54, 1.807) is 0 Å². The standard InChI is InChI=1S/2C4H8O5.Cu/c2*5-1-2(6)3(7)4(8)9;/h2*2-3,5-7H,1H2,(H,8,9);/t2*2-,3+;/m11./s1. The molecule has 0 aromatic carbocycles. The van der Waals surface area contributed by atoms with E-state index in [9.17, 15) is 9.59 Å². The number of carboxylic acids is 2. The predicted octanol–water partition coefficient (Wildman–Crippen LogP) is -4.43. The summed E-state index contributed by atoms with van der Waals surface area (Å²) < 4.78 is 0. The van der Waals surface area contributed by atoms with Crippen LogP contribution in [0.25, 0.3) is 0 Å². The molecule has 1 radical (unpaired) electrons. The number of hydrogen-bond acceptors (Lipinski definition) is 8. The maximum Gasteiger partial charge on any atom is 0.335 e. The first-order valence-electron chi connectivity index (χ1n) is 4.58. The molecule has 4 atom stereocenters. The average Bonchev–Trinajstić information content (AvgIpc) is 2.35. The maximum absolute atomic E-state index is 9.78. The van der Waals surface area contributed by atoms with Gasteiger partial charge in [-0.2, -0.15) is 0 Å². The molecule has 0 unspecified atom stereocenters. The summed E-state index contributed by atoms with van der Waals surface area (Å²) in [6, 6.07) is 0. The monoisotopic (exact) mass is 335 g/mol. The van der Waals surface area contributed by atoms with E-state index in [1.807, 2.05) is 0 Å². The minimum absolute atomic E-state index is 0. The van der Waals surface area contributed by atoms with Gasteiger partial charge in [0, 0.05) is 17.1 Å². The van der Waals surface area contributed by atoms with Gasteiger partial charge in [0.1, 0.15) is 12.2 Å². The average molecular weight is 336 g/mol. The normalized spacial score (nSPS) is 15.9. The van der Waals surface area contributed by atoms with E-state index >= 15 is 0 Å². The van der Waals surface area contributed by atoms with E-state index < -0.39 is 49.6 Å². The molecule has 119 valence electrons. The number of hydrogen-bond donors (Lipinski definition) is 8. The molecule has 0 rings (SSSR count). The summed E-state index contributed by atoms with van der Waals surface area (Å²) in [5, 5.41) is 65.7. The molecule has 11 heteroatoms. The third-order valence-electron chi connectivity index (χ3n) is 1.61. The fraction of sp³-hybridized carbons (Fsp3) is 0.750. The van der Waals surface area contributed by atoms with Gasteiger partial charge in [0.05, 0.1) is 13.2 Å². The van der Waals surface area contributed by atoms with Crippen LogP contribution in [-0.2, 0) is 26.7 Å². The molecule has 8 N–H and O–H groups in total. The molecule has 19 heavy (non-hydrogen) atoms. The van der Waals surface area contributed by atoms with Crippen LogP contribution in [0.1, 0.15) is 0 Å². The van der Waals surface area contributed by atoms with Gasteiger partial charge in [0.2, 0.25) is 0 Å². The van der Waals surface area contributed by atoms with Crippen LogP contribution in [0.15, 0.2) is 0 Å². The number of carbonyl (C=O) groups is 2. The second-order valence-corrected chi connectivity index (χ2v) is 3.07. The minimum Gasteiger partial charge on any atom is -0.479 e. The first-order chi connectivity index (χ1) is 8.18. The zero-order chi connectivity index (χ0) is 14.9. The molecule has 10 nitrogen and oxygen atoms in total. The molecule has 0 aliphatic rings. The quantitative estimate of drug-likeness (QED) is 0.219. The van der Waals surface area contributed by atoms with Gasteiger partial charge >= 0.3 is 11.9 Å². The maximum atomic E-state index is 9.78. The third kappa shape index (κ3) is 10.8. The van der Waals surface area contributed by atoms with Gasteiger partial charge in [-0.15, -0.1) is 0 Å². The van der Waals surface area contributed by atoms with E-state index in [0.717, 1.165) is 0 Å². The smallest absolute Gasteiger partial charge is 0.335 e. The Morgan fingerprint density at radius 1 is 0.737 bits per heavy atom. The van der Waals surface area contributed by atoms with Crippen molar-refractivity contribution in [1.29, 1.82) is 0 Å². The van der Waals surface area contributed by atoms with Crippen molar-refractivity contribution in [3.8, 4) is 0 Å². The molecule has 0 aromatic rings.